The second kappa shape index (κ2) is 7.42. The third-order valence-corrected chi connectivity index (χ3v) is 3.85. The Kier molecular flexibility index (Phi) is 5.08. The maximum Gasteiger partial charge on any atom is 0.231 e. The topological polar surface area (TPSA) is 77.7 Å². The summed E-state index contributed by atoms with van der Waals surface area (Å²) >= 11 is 0. The lowest BCUT2D eigenvalue weighted by atomic mass is 10.2. The Bertz CT molecular complexity index is 703. The first-order chi connectivity index (χ1) is 11.6. The van der Waals surface area contributed by atoms with Gasteiger partial charge in [0.15, 0.2) is 0 Å². The summed E-state index contributed by atoms with van der Waals surface area (Å²) in [6.45, 7) is 4.09. The number of pyridine rings is 1. The molecule has 1 aromatic heterocycles. The predicted octanol–water partition coefficient (Wildman–Crippen LogP) is 2.04. The molecule has 1 atom stereocenters. The van der Waals surface area contributed by atoms with Crippen molar-refractivity contribution in [1.29, 1.82) is 0 Å². The van der Waals surface area contributed by atoms with Gasteiger partial charge in [-0.05, 0) is 25.1 Å². The number of primary amides is 1. The largest absolute Gasteiger partial charge is 0.439 e. The Morgan fingerprint density at radius 2 is 2.12 bits per heavy atom. The van der Waals surface area contributed by atoms with E-state index in [2.05, 4.69) is 4.98 Å². The second-order valence-corrected chi connectivity index (χ2v) is 5.88. The monoisotopic (exact) mass is 327 g/mol. The van der Waals surface area contributed by atoms with Crippen molar-refractivity contribution in [3.63, 3.8) is 0 Å². The first-order valence-electron chi connectivity index (χ1n) is 7.94. The van der Waals surface area contributed by atoms with Crippen molar-refractivity contribution in [2.45, 2.75) is 13.0 Å². The van der Waals surface area contributed by atoms with E-state index in [1.807, 2.05) is 54.3 Å². The highest BCUT2D eigenvalue weighted by atomic mass is 16.5. The van der Waals surface area contributed by atoms with Crippen LogP contribution in [0, 0.1) is 6.92 Å². The number of carbonyl (C=O) groups excluding carboxylic acids is 1. The number of morpholine rings is 1. The molecular weight excluding hydrogens is 306 g/mol. The van der Waals surface area contributed by atoms with Gasteiger partial charge in [-0.2, -0.15) is 0 Å². The lowest BCUT2D eigenvalue weighted by Gasteiger charge is -2.31. The molecule has 0 unspecified atom stereocenters. The summed E-state index contributed by atoms with van der Waals surface area (Å²) in [5, 5.41) is 0. The van der Waals surface area contributed by atoms with E-state index in [1.165, 1.54) is 5.56 Å². The third-order valence-electron chi connectivity index (χ3n) is 3.85. The molecule has 0 radical (unpaired) electrons. The normalized spacial score (nSPS) is 18.3. The molecule has 6 heteroatoms. The van der Waals surface area contributed by atoms with Crippen molar-refractivity contribution in [3.8, 4) is 11.6 Å². The molecule has 1 amide bonds. The van der Waals surface area contributed by atoms with Gasteiger partial charge in [0.05, 0.1) is 18.8 Å². The minimum atomic E-state index is -0.333. The molecule has 0 aliphatic carbocycles. The Balaban J connectivity index is 1.70. The van der Waals surface area contributed by atoms with Crippen LogP contribution in [0.25, 0.3) is 0 Å². The molecule has 1 saturated heterocycles. The van der Waals surface area contributed by atoms with E-state index in [0.29, 0.717) is 25.6 Å². The summed E-state index contributed by atoms with van der Waals surface area (Å²) in [7, 11) is 0. The molecule has 0 bridgehead atoms. The van der Waals surface area contributed by atoms with Gasteiger partial charge >= 0.3 is 0 Å². The number of benzene rings is 1. The van der Waals surface area contributed by atoms with Crippen LogP contribution in [-0.4, -0.2) is 42.0 Å². The van der Waals surface area contributed by atoms with E-state index in [1.54, 1.807) is 0 Å². The molecule has 126 valence electrons. The minimum Gasteiger partial charge on any atom is -0.439 e. The summed E-state index contributed by atoms with van der Waals surface area (Å²) in [4.78, 5) is 17.6. The summed E-state index contributed by atoms with van der Waals surface area (Å²) < 4.78 is 11.6. The molecule has 2 N–H and O–H groups in total. The smallest absolute Gasteiger partial charge is 0.231 e. The highest BCUT2D eigenvalue weighted by Gasteiger charge is 2.24. The zero-order valence-electron chi connectivity index (χ0n) is 13.6. The highest BCUT2D eigenvalue weighted by Crippen LogP contribution is 2.25. The third kappa shape index (κ3) is 4.31. The number of carbonyl (C=O) groups is 1. The van der Waals surface area contributed by atoms with Gasteiger partial charge in [-0.3, -0.25) is 9.69 Å². The molecule has 1 aromatic carbocycles. The summed E-state index contributed by atoms with van der Waals surface area (Å²) in [6, 6.07) is 13.4. The average molecular weight is 327 g/mol. The number of nitrogens with two attached hydrogens (primary N) is 1. The fraction of sp³-hybridized carbons (Fsp3) is 0.333. The molecule has 0 saturated carbocycles. The Morgan fingerprint density at radius 3 is 2.88 bits per heavy atom. The van der Waals surface area contributed by atoms with Gasteiger partial charge in [0.2, 0.25) is 11.8 Å². The van der Waals surface area contributed by atoms with Gasteiger partial charge in [0.25, 0.3) is 0 Å². The lowest BCUT2D eigenvalue weighted by Crippen LogP contribution is -2.43. The number of hydrogen-bond donors (Lipinski definition) is 1. The van der Waals surface area contributed by atoms with E-state index >= 15 is 0 Å². The number of amides is 1. The molecule has 0 spiro atoms. The minimum absolute atomic E-state index is 0.195. The first-order valence-corrected chi connectivity index (χ1v) is 7.94. The van der Waals surface area contributed by atoms with Crippen LogP contribution in [0.5, 0.6) is 11.6 Å². The quantitative estimate of drug-likeness (QED) is 0.909. The number of rotatable bonds is 5. The first kappa shape index (κ1) is 16.4. The van der Waals surface area contributed by atoms with E-state index in [0.717, 1.165) is 11.4 Å². The van der Waals surface area contributed by atoms with Crippen LogP contribution < -0.4 is 10.5 Å². The average Bonchev–Trinajstić information content (AvgIpc) is 2.57. The Labute approximate surface area is 141 Å². The molecule has 1 aliphatic rings. The molecule has 24 heavy (non-hydrogen) atoms. The summed E-state index contributed by atoms with van der Waals surface area (Å²) in [5.41, 5.74) is 7.23. The van der Waals surface area contributed by atoms with Crippen LogP contribution in [0.3, 0.4) is 0 Å². The number of aromatic nitrogens is 1. The van der Waals surface area contributed by atoms with Crippen LogP contribution in [0.15, 0.2) is 42.5 Å². The van der Waals surface area contributed by atoms with Gasteiger partial charge in [-0.25, -0.2) is 4.98 Å². The zero-order chi connectivity index (χ0) is 16.9. The summed E-state index contributed by atoms with van der Waals surface area (Å²) in [5.74, 6) is 0.928. The second-order valence-electron chi connectivity index (χ2n) is 5.88. The van der Waals surface area contributed by atoms with Crippen LogP contribution >= 0.6 is 0 Å². The molecule has 3 rings (SSSR count). The fourth-order valence-electron chi connectivity index (χ4n) is 2.64. The maximum atomic E-state index is 11.1. The number of aryl methyl sites for hydroxylation is 1. The molecular formula is C18H21N3O3. The Morgan fingerprint density at radius 1 is 1.33 bits per heavy atom. The standard InChI is InChI=1S/C18H21N3O3/c1-13-5-7-14(8-6-13)24-18-4-2-3-15(20-18)16-11-21(9-10-23-16)12-17(19)22/h2-8,16H,9-12H2,1H3,(H2,19,22)/t16-/m0/s1. The Hall–Kier alpha value is -2.44. The SMILES string of the molecule is Cc1ccc(Oc2cccc([C@@H]3CN(CC(N)=O)CCO3)n2)cc1. The number of ether oxygens (including phenoxy) is 2. The summed E-state index contributed by atoms with van der Waals surface area (Å²) in [6.07, 6.45) is -0.195. The van der Waals surface area contributed by atoms with Crippen LogP contribution in [-0.2, 0) is 9.53 Å². The lowest BCUT2D eigenvalue weighted by molar-refractivity contribution is -0.121. The van der Waals surface area contributed by atoms with Crippen molar-refractivity contribution in [2.24, 2.45) is 5.73 Å². The van der Waals surface area contributed by atoms with Gasteiger partial charge < -0.3 is 15.2 Å². The van der Waals surface area contributed by atoms with Crippen molar-refractivity contribution < 1.29 is 14.3 Å². The van der Waals surface area contributed by atoms with Crippen LogP contribution in [0.4, 0.5) is 0 Å². The van der Waals surface area contributed by atoms with Gasteiger partial charge in [0.1, 0.15) is 11.9 Å². The molecule has 1 aliphatic heterocycles. The van der Waals surface area contributed by atoms with E-state index in [4.69, 9.17) is 15.2 Å². The molecule has 2 aromatic rings. The van der Waals surface area contributed by atoms with Gasteiger partial charge in [-0.1, -0.05) is 23.8 Å². The van der Waals surface area contributed by atoms with E-state index < -0.39 is 0 Å². The van der Waals surface area contributed by atoms with Crippen LogP contribution in [0.2, 0.25) is 0 Å². The van der Waals surface area contributed by atoms with Crippen molar-refractivity contribution >= 4 is 5.91 Å². The fourth-order valence-corrected chi connectivity index (χ4v) is 2.64. The molecule has 1 fully saturated rings. The number of hydrogen-bond acceptors (Lipinski definition) is 5. The highest BCUT2D eigenvalue weighted by molar-refractivity contribution is 5.75. The van der Waals surface area contributed by atoms with Crippen molar-refractivity contribution in [3.05, 3.63) is 53.7 Å². The van der Waals surface area contributed by atoms with Crippen LogP contribution in [0.1, 0.15) is 17.4 Å². The van der Waals surface area contributed by atoms with Gasteiger partial charge in [0, 0.05) is 19.2 Å². The maximum absolute atomic E-state index is 11.1. The van der Waals surface area contributed by atoms with E-state index in [-0.39, 0.29) is 18.6 Å². The van der Waals surface area contributed by atoms with Crippen molar-refractivity contribution in [1.82, 2.24) is 9.88 Å². The molecule has 2 heterocycles. The molecule has 6 nitrogen and oxygen atoms in total. The zero-order valence-corrected chi connectivity index (χ0v) is 13.6. The predicted molar refractivity (Wildman–Crippen MR) is 89.8 cm³/mol. The van der Waals surface area contributed by atoms with Crippen molar-refractivity contribution in [2.75, 3.05) is 26.2 Å². The van der Waals surface area contributed by atoms with Gasteiger partial charge in [-0.15, -0.1) is 0 Å². The number of nitrogens with zero attached hydrogens (tertiary/aromatic N) is 2. The van der Waals surface area contributed by atoms with E-state index in [9.17, 15) is 4.79 Å².